The van der Waals surface area contributed by atoms with Crippen LogP contribution in [0.5, 0.6) is 0 Å². The molecule has 27 heavy (non-hydrogen) atoms. The Kier molecular flexibility index (Phi) is 3.67. The molecule has 3 nitrogen and oxygen atoms in total. The molecule has 2 heterocycles. The Morgan fingerprint density at radius 1 is 0.741 bits per heavy atom. The second-order valence-corrected chi connectivity index (χ2v) is 9.37. The van der Waals surface area contributed by atoms with Crippen molar-refractivity contribution in [2.24, 2.45) is 0 Å². The van der Waals surface area contributed by atoms with Gasteiger partial charge in [-0.25, -0.2) is 8.42 Å². The highest BCUT2D eigenvalue weighted by Crippen LogP contribution is 2.47. The summed E-state index contributed by atoms with van der Waals surface area (Å²) in [7, 11) is -3.66. The highest BCUT2D eigenvalue weighted by Gasteiger charge is 2.29. The number of hydrogen-bond acceptors (Lipinski definition) is 4. The van der Waals surface area contributed by atoms with Crippen LogP contribution in [-0.4, -0.2) is 8.42 Å². The number of furan rings is 1. The van der Waals surface area contributed by atoms with E-state index in [2.05, 4.69) is 0 Å². The molecule has 0 atom stereocenters. The van der Waals surface area contributed by atoms with Gasteiger partial charge in [0.05, 0.1) is 15.2 Å². The van der Waals surface area contributed by atoms with Gasteiger partial charge in [-0.3, -0.25) is 0 Å². The molecule has 3 aromatic carbocycles. The number of fused-ring (bicyclic) bond motifs is 3. The lowest BCUT2D eigenvalue weighted by Gasteiger charge is -2.02. The van der Waals surface area contributed by atoms with Crippen LogP contribution in [0.1, 0.15) is 0 Å². The molecule has 0 fully saturated rings. The number of rotatable bonds is 3. The zero-order valence-corrected chi connectivity index (χ0v) is 15.8. The van der Waals surface area contributed by atoms with Gasteiger partial charge in [-0.1, -0.05) is 66.7 Å². The van der Waals surface area contributed by atoms with Gasteiger partial charge in [-0.2, -0.15) is 0 Å². The Balaban J connectivity index is 1.90. The first-order chi connectivity index (χ1) is 13.2. The number of para-hydroxylation sites is 1. The van der Waals surface area contributed by atoms with E-state index in [-0.39, 0.29) is 4.90 Å². The van der Waals surface area contributed by atoms with Crippen LogP contribution in [0.4, 0.5) is 0 Å². The standard InChI is InChI=1S/C22H14O3S2/c23-27(24,16-11-5-2-6-12-16)22-19-17-13-7-8-14-18(17)25-20(19)21(26-22)15-9-3-1-4-10-15/h1-14H. The first-order valence-electron chi connectivity index (χ1n) is 8.46. The Morgan fingerprint density at radius 3 is 2.11 bits per heavy atom. The van der Waals surface area contributed by atoms with Gasteiger partial charge in [-0.05, 0) is 23.8 Å². The van der Waals surface area contributed by atoms with Gasteiger partial charge in [0.15, 0.2) is 5.58 Å². The number of thiophene rings is 1. The zero-order chi connectivity index (χ0) is 18.4. The molecule has 0 N–H and O–H groups in total. The van der Waals surface area contributed by atoms with Gasteiger partial charge in [0.1, 0.15) is 9.79 Å². The summed E-state index contributed by atoms with van der Waals surface area (Å²) in [4.78, 5) is 1.12. The quantitative estimate of drug-likeness (QED) is 0.371. The summed E-state index contributed by atoms with van der Waals surface area (Å²) in [6, 6.07) is 25.9. The second-order valence-electron chi connectivity index (χ2n) is 6.20. The lowest BCUT2D eigenvalue weighted by atomic mass is 10.1. The molecule has 0 saturated carbocycles. The Bertz CT molecular complexity index is 1360. The molecule has 5 aromatic rings. The van der Waals surface area contributed by atoms with Crippen LogP contribution < -0.4 is 0 Å². The minimum absolute atomic E-state index is 0.290. The molecule has 0 amide bonds. The van der Waals surface area contributed by atoms with Crippen molar-refractivity contribution in [3.05, 3.63) is 84.9 Å². The van der Waals surface area contributed by atoms with Gasteiger partial charge >= 0.3 is 0 Å². The monoisotopic (exact) mass is 390 g/mol. The van der Waals surface area contributed by atoms with E-state index in [0.717, 1.165) is 15.8 Å². The summed E-state index contributed by atoms with van der Waals surface area (Å²) < 4.78 is 33.2. The lowest BCUT2D eigenvalue weighted by molar-refractivity contribution is 0.598. The third-order valence-corrected chi connectivity index (χ3v) is 8.04. The molecule has 0 saturated heterocycles. The molecular formula is C22H14O3S2. The van der Waals surface area contributed by atoms with Crippen molar-refractivity contribution in [3.63, 3.8) is 0 Å². The smallest absolute Gasteiger partial charge is 0.216 e. The SMILES string of the molecule is O=S(=O)(c1ccccc1)c1sc(-c2ccccc2)c2oc3ccccc3c12. The van der Waals surface area contributed by atoms with Gasteiger partial charge in [0.2, 0.25) is 9.84 Å². The third-order valence-electron chi connectivity index (χ3n) is 4.53. The summed E-state index contributed by atoms with van der Waals surface area (Å²) in [6.07, 6.45) is 0. The maximum absolute atomic E-state index is 13.4. The van der Waals surface area contributed by atoms with Crippen molar-refractivity contribution in [2.75, 3.05) is 0 Å². The molecule has 5 heteroatoms. The minimum Gasteiger partial charge on any atom is -0.454 e. The molecule has 0 unspecified atom stereocenters. The molecule has 5 rings (SSSR count). The van der Waals surface area contributed by atoms with Crippen molar-refractivity contribution in [1.29, 1.82) is 0 Å². The van der Waals surface area contributed by atoms with Crippen LogP contribution in [0.25, 0.3) is 32.4 Å². The lowest BCUT2D eigenvalue weighted by Crippen LogP contribution is -1.99. The Hall–Kier alpha value is -2.89. The molecule has 0 bridgehead atoms. The van der Waals surface area contributed by atoms with Crippen molar-refractivity contribution in [1.82, 2.24) is 0 Å². The average molecular weight is 390 g/mol. The minimum atomic E-state index is -3.66. The number of benzene rings is 3. The van der Waals surface area contributed by atoms with Crippen molar-refractivity contribution >= 4 is 43.1 Å². The van der Waals surface area contributed by atoms with Crippen LogP contribution in [-0.2, 0) is 9.84 Å². The summed E-state index contributed by atoms with van der Waals surface area (Å²) in [6.45, 7) is 0. The topological polar surface area (TPSA) is 47.3 Å². The van der Waals surface area contributed by atoms with E-state index in [0.29, 0.717) is 20.8 Å². The Morgan fingerprint density at radius 2 is 1.37 bits per heavy atom. The maximum atomic E-state index is 13.4. The highest BCUT2D eigenvalue weighted by atomic mass is 32.2. The summed E-state index contributed by atoms with van der Waals surface area (Å²) >= 11 is 1.27. The van der Waals surface area contributed by atoms with Crippen LogP contribution in [0, 0.1) is 0 Å². The van der Waals surface area contributed by atoms with E-state index < -0.39 is 9.84 Å². The van der Waals surface area contributed by atoms with Crippen molar-refractivity contribution in [3.8, 4) is 10.4 Å². The number of sulfone groups is 1. The van der Waals surface area contributed by atoms with Crippen LogP contribution >= 0.6 is 11.3 Å². The molecule has 0 radical (unpaired) electrons. The predicted molar refractivity (Wildman–Crippen MR) is 109 cm³/mol. The zero-order valence-electron chi connectivity index (χ0n) is 14.1. The van der Waals surface area contributed by atoms with E-state index in [4.69, 9.17) is 4.42 Å². The van der Waals surface area contributed by atoms with Crippen molar-refractivity contribution in [2.45, 2.75) is 9.10 Å². The van der Waals surface area contributed by atoms with Crippen LogP contribution in [0.3, 0.4) is 0 Å². The van der Waals surface area contributed by atoms with E-state index in [9.17, 15) is 8.42 Å². The van der Waals surface area contributed by atoms with Crippen molar-refractivity contribution < 1.29 is 12.8 Å². The van der Waals surface area contributed by atoms with Gasteiger partial charge in [0, 0.05) is 5.39 Å². The molecular weight excluding hydrogens is 376 g/mol. The van der Waals surface area contributed by atoms with E-state index >= 15 is 0 Å². The summed E-state index contributed by atoms with van der Waals surface area (Å²) in [5, 5.41) is 1.48. The summed E-state index contributed by atoms with van der Waals surface area (Å²) in [5.74, 6) is 0. The fourth-order valence-electron chi connectivity index (χ4n) is 3.27. The maximum Gasteiger partial charge on any atom is 0.216 e. The predicted octanol–water partition coefficient (Wildman–Crippen LogP) is 6.15. The highest BCUT2D eigenvalue weighted by molar-refractivity contribution is 7.94. The molecule has 132 valence electrons. The fraction of sp³-hybridized carbons (Fsp3) is 0. The normalized spacial score (nSPS) is 12.0. The molecule has 0 spiro atoms. The first kappa shape index (κ1) is 16.3. The molecule has 2 aromatic heterocycles. The first-order valence-corrected chi connectivity index (χ1v) is 10.8. The summed E-state index contributed by atoms with van der Waals surface area (Å²) in [5.41, 5.74) is 2.26. The van der Waals surface area contributed by atoms with E-state index in [1.807, 2.05) is 60.7 Å². The largest absolute Gasteiger partial charge is 0.454 e. The fourth-order valence-corrected chi connectivity index (χ4v) is 6.43. The van der Waals surface area contributed by atoms with Gasteiger partial charge < -0.3 is 4.42 Å². The molecule has 0 aliphatic carbocycles. The number of hydrogen-bond donors (Lipinski definition) is 0. The van der Waals surface area contributed by atoms with E-state index in [1.54, 1.807) is 24.3 Å². The Labute approximate surface area is 160 Å². The second kappa shape index (κ2) is 6.08. The molecule has 0 aliphatic rings. The average Bonchev–Trinajstić information content (AvgIpc) is 3.27. The van der Waals surface area contributed by atoms with E-state index in [1.165, 1.54) is 11.3 Å². The molecule has 0 aliphatic heterocycles. The van der Waals surface area contributed by atoms with Gasteiger partial charge in [0.25, 0.3) is 0 Å². The van der Waals surface area contributed by atoms with Crippen LogP contribution in [0.2, 0.25) is 0 Å². The van der Waals surface area contributed by atoms with Crippen LogP contribution in [0.15, 0.2) is 98.5 Å². The van der Waals surface area contributed by atoms with Gasteiger partial charge in [-0.15, -0.1) is 11.3 Å². The third kappa shape index (κ3) is 2.51.